The summed E-state index contributed by atoms with van der Waals surface area (Å²) < 4.78 is 6.83. The van der Waals surface area contributed by atoms with Crippen LogP contribution in [-0.4, -0.2) is 21.5 Å². The topological polar surface area (TPSA) is 12.5 Å². The van der Waals surface area contributed by atoms with Gasteiger partial charge in [-0.25, -0.2) is 0 Å². The second-order valence-corrected chi connectivity index (χ2v) is 16.9. The Kier molecular flexibility index (Phi) is 8.39. The SMILES string of the molecule is CC(C)[Si](OCCCCC1CN(Cc2ccccc2)c2c1ccc1ccccc21)(C(C)C)C(C)C. The van der Waals surface area contributed by atoms with Crippen molar-refractivity contribution in [2.75, 3.05) is 18.1 Å². The zero-order chi connectivity index (χ0) is 25.0. The van der Waals surface area contributed by atoms with Crippen molar-refractivity contribution < 1.29 is 4.43 Å². The summed E-state index contributed by atoms with van der Waals surface area (Å²) in [7, 11) is -1.76. The molecule has 0 fully saturated rings. The van der Waals surface area contributed by atoms with Crippen LogP contribution in [0.5, 0.6) is 0 Å². The van der Waals surface area contributed by atoms with Crippen molar-refractivity contribution in [1.82, 2.24) is 0 Å². The van der Waals surface area contributed by atoms with Crippen molar-refractivity contribution in [3.8, 4) is 0 Å². The molecule has 1 aliphatic rings. The normalized spacial score (nSPS) is 16.1. The fraction of sp³-hybridized carbons (Fsp3) is 0.500. The van der Waals surface area contributed by atoms with Crippen LogP contribution < -0.4 is 4.90 Å². The first-order valence-electron chi connectivity index (χ1n) is 13.8. The molecule has 3 aromatic carbocycles. The maximum Gasteiger partial charge on any atom is 0.200 e. The number of fused-ring (bicyclic) bond motifs is 3. The number of hydrogen-bond acceptors (Lipinski definition) is 2. The maximum absolute atomic E-state index is 6.83. The molecule has 1 unspecified atom stereocenters. The molecule has 2 nitrogen and oxygen atoms in total. The average Bonchev–Trinajstić information content (AvgIpc) is 3.19. The maximum atomic E-state index is 6.83. The van der Waals surface area contributed by atoms with Gasteiger partial charge in [-0.3, -0.25) is 0 Å². The third kappa shape index (κ3) is 5.37. The number of nitrogens with zero attached hydrogens (tertiary/aromatic N) is 1. The number of rotatable bonds is 11. The zero-order valence-electron chi connectivity index (χ0n) is 22.8. The van der Waals surface area contributed by atoms with Gasteiger partial charge in [0, 0.05) is 36.7 Å². The summed E-state index contributed by atoms with van der Waals surface area (Å²) in [5, 5.41) is 2.74. The molecule has 1 aliphatic heterocycles. The molecular formula is C32H45NOSi. The molecule has 35 heavy (non-hydrogen) atoms. The van der Waals surface area contributed by atoms with Gasteiger partial charge in [0.2, 0.25) is 0 Å². The van der Waals surface area contributed by atoms with E-state index in [1.807, 2.05) is 0 Å². The molecule has 4 rings (SSSR count). The molecule has 3 heteroatoms. The summed E-state index contributed by atoms with van der Waals surface area (Å²) in [6.45, 7) is 17.3. The van der Waals surface area contributed by atoms with E-state index in [0.29, 0.717) is 22.5 Å². The largest absolute Gasteiger partial charge is 0.416 e. The van der Waals surface area contributed by atoms with Crippen molar-refractivity contribution in [3.05, 3.63) is 77.9 Å². The smallest absolute Gasteiger partial charge is 0.200 e. The number of anilines is 1. The molecule has 0 aromatic heterocycles. The lowest BCUT2D eigenvalue weighted by Gasteiger charge is -2.42. The summed E-state index contributed by atoms with van der Waals surface area (Å²) in [5.74, 6) is 0.598. The van der Waals surface area contributed by atoms with Crippen LogP contribution in [0.1, 0.15) is 77.8 Å². The van der Waals surface area contributed by atoms with Crippen LogP contribution in [0.3, 0.4) is 0 Å². The van der Waals surface area contributed by atoms with Crippen LogP contribution in [-0.2, 0) is 11.0 Å². The highest BCUT2D eigenvalue weighted by Crippen LogP contribution is 2.45. The lowest BCUT2D eigenvalue weighted by Crippen LogP contribution is -2.47. The molecule has 0 N–H and O–H groups in total. The molecule has 0 saturated heterocycles. The Labute approximate surface area is 214 Å². The van der Waals surface area contributed by atoms with Crippen molar-refractivity contribution in [2.45, 2.75) is 89.9 Å². The third-order valence-corrected chi connectivity index (χ3v) is 14.5. The summed E-state index contributed by atoms with van der Waals surface area (Å²) in [5.41, 5.74) is 6.35. The molecule has 3 aromatic rings. The molecular weight excluding hydrogens is 442 g/mol. The van der Waals surface area contributed by atoms with Crippen molar-refractivity contribution in [1.29, 1.82) is 0 Å². The van der Waals surface area contributed by atoms with E-state index in [2.05, 4.69) is 113 Å². The number of benzene rings is 3. The second-order valence-electron chi connectivity index (χ2n) is 11.4. The van der Waals surface area contributed by atoms with Crippen molar-refractivity contribution in [2.24, 2.45) is 0 Å². The van der Waals surface area contributed by atoms with Gasteiger partial charge in [-0.15, -0.1) is 0 Å². The van der Waals surface area contributed by atoms with Crippen molar-refractivity contribution in [3.63, 3.8) is 0 Å². The number of unbranched alkanes of at least 4 members (excludes halogenated alkanes) is 1. The minimum Gasteiger partial charge on any atom is -0.416 e. The van der Waals surface area contributed by atoms with Crippen molar-refractivity contribution >= 4 is 24.8 Å². The Morgan fingerprint density at radius 2 is 1.46 bits per heavy atom. The van der Waals surface area contributed by atoms with Gasteiger partial charge in [0.1, 0.15) is 0 Å². The fourth-order valence-electron chi connectivity index (χ4n) is 6.85. The van der Waals surface area contributed by atoms with Gasteiger partial charge in [0.25, 0.3) is 0 Å². The lowest BCUT2D eigenvalue weighted by atomic mass is 9.93. The molecule has 0 radical (unpaired) electrons. The fourth-order valence-corrected chi connectivity index (χ4v) is 12.3. The molecule has 0 amide bonds. The summed E-state index contributed by atoms with van der Waals surface area (Å²) in [6.07, 6.45) is 3.63. The van der Waals surface area contributed by atoms with E-state index in [4.69, 9.17) is 4.43 Å². The Morgan fingerprint density at radius 3 is 2.14 bits per heavy atom. The Hall–Kier alpha value is -2.10. The monoisotopic (exact) mass is 487 g/mol. The van der Waals surface area contributed by atoms with E-state index in [9.17, 15) is 0 Å². The molecule has 0 bridgehead atoms. The van der Waals surface area contributed by atoms with E-state index < -0.39 is 8.32 Å². The van der Waals surface area contributed by atoms with Gasteiger partial charge in [-0.1, -0.05) is 115 Å². The summed E-state index contributed by atoms with van der Waals surface area (Å²) >= 11 is 0. The van der Waals surface area contributed by atoms with E-state index in [1.165, 1.54) is 46.8 Å². The van der Waals surface area contributed by atoms with Gasteiger partial charge in [0.05, 0.1) is 0 Å². The van der Waals surface area contributed by atoms with Gasteiger partial charge < -0.3 is 9.33 Å². The van der Waals surface area contributed by atoms with E-state index in [1.54, 1.807) is 0 Å². The molecule has 1 heterocycles. The molecule has 188 valence electrons. The minimum absolute atomic E-state index is 0.598. The van der Waals surface area contributed by atoms with E-state index in [-0.39, 0.29) is 0 Å². The predicted molar refractivity (Wildman–Crippen MR) is 155 cm³/mol. The quantitative estimate of drug-likeness (QED) is 0.197. The third-order valence-electron chi connectivity index (χ3n) is 8.35. The van der Waals surface area contributed by atoms with Gasteiger partial charge in [-0.2, -0.15) is 0 Å². The summed E-state index contributed by atoms with van der Waals surface area (Å²) in [4.78, 5) is 2.63. The predicted octanol–water partition coefficient (Wildman–Crippen LogP) is 9.31. The zero-order valence-corrected chi connectivity index (χ0v) is 23.8. The Balaban J connectivity index is 1.45. The van der Waals surface area contributed by atoms with Gasteiger partial charge in [-0.05, 0) is 46.0 Å². The summed E-state index contributed by atoms with van der Waals surface area (Å²) in [6, 6.07) is 24.5. The average molecular weight is 488 g/mol. The van der Waals surface area contributed by atoms with Crippen LogP contribution in [0.4, 0.5) is 5.69 Å². The second kappa shape index (κ2) is 11.3. The highest BCUT2D eigenvalue weighted by Gasteiger charge is 2.44. The van der Waals surface area contributed by atoms with Gasteiger partial charge >= 0.3 is 0 Å². The minimum atomic E-state index is -1.76. The molecule has 0 saturated carbocycles. The van der Waals surface area contributed by atoms with E-state index in [0.717, 1.165) is 19.7 Å². The van der Waals surface area contributed by atoms with Crippen LogP contribution >= 0.6 is 0 Å². The van der Waals surface area contributed by atoms with E-state index >= 15 is 0 Å². The first-order chi connectivity index (χ1) is 16.8. The highest BCUT2D eigenvalue weighted by atomic mass is 28.4. The standard InChI is InChI=1S/C32H45NOSi/c1-24(2)35(25(3)4,26(5)6)34-21-13-12-17-29-23-33(22-27-14-8-7-9-15-27)32-30-18-11-10-16-28(30)19-20-31(29)32/h7-11,14-16,18-20,24-26,29H,12-13,17,21-23H2,1-6H3. The highest BCUT2D eigenvalue weighted by molar-refractivity contribution is 6.77. The lowest BCUT2D eigenvalue weighted by molar-refractivity contribution is 0.267. The van der Waals surface area contributed by atoms with Gasteiger partial charge in [0.15, 0.2) is 8.32 Å². The van der Waals surface area contributed by atoms with Crippen LogP contribution in [0, 0.1) is 0 Å². The molecule has 0 spiro atoms. The van der Waals surface area contributed by atoms with Crippen LogP contribution in [0.2, 0.25) is 16.6 Å². The molecule has 0 aliphatic carbocycles. The molecule has 1 atom stereocenters. The Bertz CT molecular complexity index is 1070. The Morgan fingerprint density at radius 1 is 0.800 bits per heavy atom. The van der Waals surface area contributed by atoms with Crippen LogP contribution in [0.15, 0.2) is 66.7 Å². The van der Waals surface area contributed by atoms with Crippen LogP contribution in [0.25, 0.3) is 10.8 Å². The first kappa shape index (κ1) is 26.0. The number of hydrogen-bond donors (Lipinski definition) is 0. The first-order valence-corrected chi connectivity index (χ1v) is 15.9.